The molecule has 0 spiro atoms. The minimum Gasteiger partial charge on any atom is -0.204 e. The van der Waals surface area contributed by atoms with Crippen LogP contribution in [0.3, 0.4) is 0 Å². The smallest absolute Gasteiger partial charge is 0.204 e. The molecule has 130 valence electrons. The van der Waals surface area contributed by atoms with E-state index < -0.39 is 36.0 Å². The first-order valence-electron chi connectivity index (χ1n) is 5.93. The molecule has 1 aromatic rings. The van der Waals surface area contributed by atoms with Crippen LogP contribution in [0.15, 0.2) is 18.2 Å². The van der Waals surface area contributed by atoms with Gasteiger partial charge in [-0.1, -0.05) is 6.07 Å². The number of rotatable bonds is 4. The summed E-state index contributed by atoms with van der Waals surface area (Å²) in [6, 6.07) is 2.82. The third-order valence-electron chi connectivity index (χ3n) is 1.73. The Bertz CT molecular complexity index is 503. The molecule has 0 saturated heterocycles. The van der Waals surface area contributed by atoms with Gasteiger partial charge in [-0.3, -0.25) is 0 Å². The van der Waals surface area contributed by atoms with Gasteiger partial charge in [0, 0.05) is 0 Å². The van der Waals surface area contributed by atoms with E-state index in [1.807, 2.05) is 13.8 Å². The van der Waals surface area contributed by atoms with E-state index in [1.165, 1.54) is 0 Å². The second-order valence-electron chi connectivity index (χ2n) is 3.50. The van der Waals surface area contributed by atoms with E-state index in [4.69, 9.17) is 21.7 Å². The van der Waals surface area contributed by atoms with Crippen LogP contribution in [0.4, 0.5) is 13.2 Å². The molecule has 0 amide bonds. The average molecular weight is 366 g/mol. The van der Waals surface area contributed by atoms with Gasteiger partial charge in [0.1, 0.15) is 0 Å². The number of hydrogen-bond donors (Lipinski definition) is 1. The van der Waals surface area contributed by atoms with Crippen molar-refractivity contribution in [1.82, 2.24) is 0 Å². The fraction of sp³-hybridized carbons (Fsp3) is 0.455. The summed E-state index contributed by atoms with van der Waals surface area (Å²) < 4.78 is 71.1. The number of halogens is 3. The van der Waals surface area contributed by atoms with Crippen molar-refractivity contribution in [1.29, 1.82) is 0 Å². The van der Waals surface area contributed by atoms with Gasteiger partial charge in [0.15, 0.2) is 17.5 Å². The summed E-state index contributed by atoms with van der Waals surface area (Å²) in [6.45, 7) is 6.30. The topological polar surface area (TPSA) is 89.9 Å². The van der Waals surface area contributed by atoms with Crippen LogP contribution in [0.2, 0.25) is 0 Å². The van der Waals surface area contributed by atoms with Gasteiger partial charge in [-0.2, -0.15) is 0 Å². The van der Waals surface area contributed by atoms with Crippen molar-refractivity contribution >= 4 is 18.6 Å². The largest absolute Gasteiger partial charge is 0.425 e. The van der Waals surface area contributed by atoms with Crippen molar-refractivity contribution in [2.24, 2.45) is 0 Å². The molecule has 0 fully saturated rings. The molecule has 0 aliphatic rings. The molecule has 0 radical (unpaired) electrons. The van der Waals surface area contributed by atoms with E-state index in [1.54, 1.807) is 6.66 Å². The maximum atomic E-state index is 12.0. The molecule has 22 heavy (non-hydrogen) atoms. The van der Waals surface area contributed by atoms with Crippen molar-refractivity contribution in [3.63, 3.8) is 0 Å². The Morgan fingerprint density at radius 2 is 1.36 bits per heavy atom. The van der Waals surface area contributed by atoms with Crippen LogP contribution in [0.5, 0.6) is 0 Å². The van der Waals surface area contributed by atoms with Gasteiger partial charge in [0.05, 0.1) is 0 Å². The van der Waals surface area contributed by atoms with Gasteiger partial charge in [0.2, 0.25) is 0 Å². The molecular formula is C11H18F3O6PS. The van der Waals surface area contributed by atoms with Crippen LogP contribution >= 0.6 is 7.94 Å². The van der Waals surface area contributed by atoms with Gasteiger partial charge >= 0.3 is 66.2 Å². The van der Waals surface area contributed by atoms with Gasteiger partial charge in [0.25, 0.3) is 0 Å². The van der Waals surface area contributed by atoms with Gasteiger partial charge in [-0.15, -0.1) is 12.6 Å². The molecule has 0 unspecified atom stereocenters. The minimum atomic E-state index is -3.11. The van der Waals surface area contributed by atoms with Crippen molar-refractivity contribution in [3.05, 3.63) is 35.7 Å². The first kappa shape index (κ1) is 23.2. The standard InChI is InChI=1S/C6H3F3.C5H15O3P.O3S/c7-4-2-1-3-5(8)6(4)9;1-4-7-9(3,6)8-5-2;1-4(2)3/h1-3H;6,9H,4-5H2,1-3H3;. The molecule has 0 atom stereocenters. The van der Waals surface area contributed by atoms with E-state index in [-0.39, 0.29) is 0 Å². The summed E-state index contributed by atoms with van der Waals surface area (Å²) in [5.74, 6) is -3.73. The molecule has 1 rings (SSSR count). The first-order chi connectivity index (χ1) is 10.1. The molecule has 11 heteroatoms. The quantitative estimate of drug-likeness (QED) is 0.650. The van der Waals surface area contributed by atoms with Crippen LogP contribution in [-0.4, -0.2) is 37.4 Å². The van der Waals surface area contributed by atoms with Crippen LogP contribution in [-0.2, 0) is 19.7 Å². The van der Waals surface area contributed by atoms with Gasteiger partial charge in [-0.25, -0.2) is 13.2 Å². The van der Waals surface area contributed by atoms with Crippen LogP contribution in [0.25, 0.3) is 0 Å². The summed E-state index contributed by atoms with van der Waals surface area (Å²) in [4.78, 5) is 9.21. The van der Waals surface area contributed by atoms with Crippen LogP contribution in [0, 0.1) is 17.5 Å². The molecule has 0 aromatic heterocycles. The maximum Gasteiger partial charge on any atom is 0.425 e. The molecule has 0 saturated carbocycles. The van der Waals surface area contributed by atoms with Crippen LogP contribution < -0.4 is 0 Å². The summed E-state index contributed by atoms with van der Waals surface area (Å²) in [5, 5.41) is 0. The molecule has 1 N–H and O–H groups in total. The Kier molecular flexibility index (Phi) is 13.2. The van der Waals surface area contributed by atoms with Gasteiger partial charge in [-0.05, 0) is 12.1 Å². The fourth-order valence-corrected chi connectivity index (χ4v) is 2.21. The van der Waals surface area contributed by atoms with E-state index in [0.717, 1.165) is 18.2 Å². The SMILES string of the molecule is CCO[PH](C)(O)OCC.Fc1cccc(F)c1F.O=S(=O)=O. The molecule has 1 aromatic carbocycles. The Hall–Kier alpha value is -1.06. The zero-order valence-electron chi connectivity index (χ0n) is 12.2. The minimum absolute atomic E-state index is 0.513. The molecule has 6 nitrogen and oxygen atoms in total. The molecule has 0 bridgehead atoms. The van der Waals surface area contributed by atoms with E-state index in [9.17, 15) is 18.1 Å². The third kappa shape index (κ3) is 13.9. The third-order valence-corrected chi connectivity index (χ3v) is 3.38. The van der Waals surface area contributed by atoms with E-state index in [2.05, 4.69) is 0 Å². The van der Waals surface area contributed by atoms with Gasteiger partial charge < -0.3 is 0 Å². The summed E-state index contributed by atoms with van der Waals surface area (Å²) in [5.41, 5.74) is 0. The van der Waals surface area contributed by atoms with E-state index in [0.29, 0.717) is 13.2 Å². The normalized spacial score (nSPS) is 10.7. The van der Waals surface area contributed by atoms with Crippen molar-refractivity contribution < 1.29 is 39.7 Å². The first-order valence-corrected chi connectivity index (χ1v) is 9.20. The average Bonchev–Trinajstić information content (AvgIpc) is 2.35. The van der Waals surface area contributed by atoms with Crippen molar-refractivity contribution in [2.75, 3.05) is 19.9 Å². The maximum absolute atomic E-state index is 12.0. The fourth-order valence-electron chi connectivity index (χ4n) is 1.05. The summed E-state index contributed by atoms with van der Waals surface area (Å²) in [6.07, 6.45) is 0. The zero-order valence-corrected chi connectivity index (χ0v) is 14.0. The predicted octanol–water partition coefficient (Wildman–Crippen LogP) is 2.28. The zero-order chi connectivity index (χ0) is 17.8. The van der Waals surface area contributed by atoms with Crippen molar-refractivity contribution in [2.45, 2.75) is 13.8 Å². The monoisotopic (exact) mass is 366 g/mol. The molecule has 0 aliphatic heterocycles. The molecule has 0 aliphatic carbocycles. The van der Waals surface area contributed by atoms with Crippen molar-refractivity contribution in [3.8, 4) is 0 Å². The number of benzene rings is 1. The predicted molar refractivity (Wildman–Crippen MR) is 75.7 cm³/mol. The Morgan fingerprint density at radius 3 is 1.59 bits per heavy atom. The van der Waals surface area contributed by atoms with Crippen LogP contribution in [0.1, 0.15) is 13.8 Å². The van der Waals surface area contributed by atoms with E-state index >= 15 is 0 Å². The molecular weight excluding hydrogens is 348 g/mol. The molecule has 0 heterocycles. The second kappa shape index (κ2) is 12.5. The second-order valence-corrected chi connectivity index (χ2v) is 6.28. The number of hydrogen-bond acceptors (Lipinski definition) is 6. The Balaban J connectivity index is 0. The Morgan fingerprint density at radius 1 is 1.05 bits per heavy atom. The summed E-state index contributed by atoms with van der Waals surface area (Å²) >= 11 is 0. The summed E-state index contributed by atoms with van der Waals surface area (Å²) in [7, 11) is -5.81. The Labute approximate surface area is 128 Å².